The van der Waals surface area contributed by atoms with E-state index in [1.165, 1.54) is 34.2 Å². The molecule has 0 radical (unpaired) electrons. The van der Waals surface area contributed by atoms with Crippen molar-refractivity contribution in [3.05, 3.63) is 41.1 Å². The molecule has 15 heavy (non-hydrogen) atoms. The Morgan fingerprint density at radius 2 is 2.13 bits per heavy atom. The summed E-state index contributed by atoms with van der Waals surface area (Å²) in [7, 11) is 0. The molecule has 1 heterocycles. The first kappa shape index (κ1) is 9.05. The molecule has 0 amide bonds. The van der Waals surface area contributed by atoms with E-state index in [4.69, 9.17) is 11.6 Å². The molecule has 0 aliphatic heterocycles. The topological polar surface area (TPSA) is 15.8 Å². The van der Waals surface area contributed by atoms with Gasteiger partial charge in [0.2, 0.25) is 0 Å². The number of halogens is 1. The maximum atomic E-state index is 6.02. The molecule has 76 valence electrons. The predicted molar refractivity (Wildman–Crippen MR) is 65.3 cm³/mol. The van der Waals surface area contributed by atoms with Crippen LogP contribution < -0.4 is 0 Å². The van der Waals surface area contributed by atoms with E-state index in [0.717, 1.165) is 17.9 Å². The van der Waals surface area contributed by atoms with Crippen LogP contribution in [-0.2, 0) is 6.42 Å². The maximum absolute atomic E-state index is 6.02. The number of aryl methyl sites for hydroxylation is 1. The van der Waals surface area contributed by atoms with Gasteiger partial charge in [0.25, 0.3) is 0 Å². The van der Waals surface area contributed by atoms with Crippen LogP contribution in [0.2, 0.25) is 5.02 Å². The number of rotatable bonds is 0. The number of aromatic nitrogens is 1. The molecule has 0 fully saturated rings. The Labute approximate surface area is 93.8 Å². The number of aromatic amines is 1. The Bertz CT molecular complexity index is 551. The molecule has 1 nitrogen and oxygen atoms in total. The summed E-state index contributed by atoms with van der Waals surface area (Å²) in [6, 6.07) is 6.02. The zero-order chi connectivity index (χ0) is 10.4. The van der Waals surface area contributed by atoms with Crippen LogP contribution in [0.15, 0.2) is 24.8 Å². The molecule has 0 saturated carbocycles. The first-order valence-electron chi connectivity index (χ1n) is 5.24. The van der Waals surface area contributed by atoms with Crippen LogP contribution in [0.4, 0.5) is 0 Å². The maximum Gasteiger partial charge on any atom is 0.0462 e. The van der Waals surface area contributed by atoms with E-state index in [2.05, 4.69) is 11.6 Å². The van der Waals surface area contributed by atoms with E-state index in [9.17, 15) is 0 Å². The molecule has 2 aromatic rings. The molecule has 0 saturated heterocycles. The van der Waals surface area contributed by atoms with Crippen LogP contribution in [0.3, 0.4) is 0 Å². The summed E-state index contributed by atoms with van der Waals surface area (Å²) in [6.07, 6.45) is 3.44. The van der Waals surface area contributed by atoms with Gasteiger partial charge in [-0.2, -0.15) is 0 Å². The van der Waals surface area contributed by atoms with Gasteiger partial charge >= 0.3 is 0 Å². The largest absolute Gasteiger partial charge is 0.355 e. The zero-order valence-electron chi connectivity index (χ0n) is 8.44. The van der Waals surface area contributed by atoms with Gasteiger partial charge in [0.05, 0.1) is 0 Å². The summed E-state index contributed by atoms with van der Waals surface area (Å²) in [5.74, 6) is 0. The summed E-state index contributed by atoms with van der Waals surface area (Å²) in [6.45, 7) is 4.11. The summed E-state index contributed by atoms with van der Waals surface area (Å²) in [5, 5.41) is 2.07. The molecule has 0 unspecified atom stereocenters. The second-order valence-corrected chi connectivity index (χ2v) is 4.56. The lowest BCUT2D eigenvalue weighted by Crippen LogP contribution is -1.98. The quantitative estimate of drug-likeness (QED) is 0.682. The van der Waals surface area contributed by atoms with Crippen molar-refractivity contribution in [1.82, 2.24) is 4.98 Å². The SMILES string of the molecule is C=C1CCCc2c1[nH]c1ccc(Cl)cc21. The van der Waals surface area contributed by atoms with Crippen LogP contribution in [0, 0.1) is 0 Å². The first-order valence-corrected chi connectivity index (χ1v) is 5.62. The summed E-state index contributed by atoms with van der Waals surface area (Å²) in [4.78, 5) is 3.43. The molecule has 1 aliphatic carbocycles. The van der Waals surface area contributed by atoms with Crippen LogP contribution in [0.25, 0.3) is 16.5 Å². The Hall–Kier alpha value is -1.21. The van der Waals surface area contributed by atoms with Crippen LogP contribution in [-0.4, -0.2) is 4.98 Å². The van der Waals surface area contributed by atoms with Gasteiger partial charge < -0.3 is 4.98 Å². The summed E-state index contributed by atoms with van der Waals surface area (Å²) >= 11 is 6.02. The molecule has 0 atom stereocenters. The van der Waals surface area contributed by atoms with E-state index in [1.54, 1.807) is 0 Å². The number of hydrogen-bond acceptors (Lipinski definition) is 0. The second kappa shape index (κ2) is 3.14. The molecular formula is C13H12ClN. The number of H-pyrrole nitrogens is 1. The van der Waals surface area contributed by atoms with Crippen LogP contribution in [0.5, 0.6) is 0 Å². The van der Waals surface area contributed by atoms with E-state index in [0.29, 0.717) is 0 Å². The summed E-state index contributed by atoms with van der Waals surface area (Å²) in [5.41, 5.74) is 5.03. The van der Waals surface area contributed by atoms with Crippen molar-refractivity contribution in [2.45, 2.75) is 19.3 Å². The van der Waals surface area contributed by atoms with Crippen molar-refractivity contribution < 1.29 is 0 Å². The van der Waals surface area contributed by atoms with Crippen molar-refractivity contribution in [3.8, 4) is 0 Å². The van der Waals surface area contributed by atoms with E-state index in [-0.39, 0.29) is 0 Å². The minimum Gasteiger partial charge on any atom is -0.355 e. The van der Waals surface area contributed by atoms with Gasteiger partial charge in [-0.05, 0) is 48.6 Å². The van der Waals surface area contributed by atoms with Crippen molar-refractivity contribution in [2.75, 3.05) is 0 Å². The molecule has 0 bridgehead atoms. The van der Waals surface area contributed by atoms with E-state index >= 15 is 0 Å². The number of allylic oxidation sites excluding steroid dienone is 1. The average Bonchev–Trinajstić information content (AvgIpc) is 2.58. The minimum absolute atomic E-state index is 0.806. The third-order valence-corrected chi connectivity index (χ3v) is 3.36. The van der Waals surface area contributed by atoms with Crippen molar-refractivity contribution in [3.63, 3.8) is 0 Å². The highest BCUT2D eigenvalue weighted by molar-refractivity contribution is 6.31. The third kappa shape index (κ3) is 1.30. The number of hydrogen-bond donors (Lipinski definition) is 1. The number of fused-ring (bicyclic) bond motifs is 3. The fraction of sp³-hybridized carbons (Fsp3) is 0.231. The highest BCUT2D eigenvalue weighted by Crippen LogP contribution is 2.35. The lowest BCUT2D eigenvalue weighted by molar-refractivity contribution is 0.825. The predicted octanol–water partition coefficient (Wildman–Crippen LogP) is 4.17. The molecule has 1 aromatic heterocycles. The average molecular weight is 218 g/mol. The lowest BCUT2D eigenvalue weighted by Gasteiger charge is -2.13. The molecule has 2 heteroatoms. The van der Waals surface area contributed by atoms with Gasteiger partial charge in [-0.3, -0.25) is 0 Å². The first-order chi connectivity index (χ1) is 7.25. The molecule has 1 N–H and O–H groups in total. The Balaban J connectivity index is 2.36. The minimum atomic E-state index is 0.806. The van der Waals surface area contributed by atoms with Crippen molar-refractivity contribution >= 4 is 28.1 Å². The fourth-order valence-electron chi connectivity index (χ4n) is 2.38. The van der Waals surface area contributed by atoms with Gasteiger partial charge in [-0.15, -0.1) is 0 Å². The monoisotopic (exact) mass is 217 g/mol. The van der Waals surface area contributed by atoms with E-state index in [1.807, 2.05) is 18.2 Å². The lowest BCUT2D eigenvalue weighted by atomic mass is 9.92. The van der Waals surface area contributed by atoms with Crippen LogP contribution in [0.1, 0.15) is 24.1 Å². The van der Waals surface area contributed by atoms with Crippen molar-refractivity contribution in [2.24, 2.45) is 0 Å². The third-order valence-electron chi connectivity index (χ3n) is 3.13. The number of benzene rings is 1. The van der Waals surface area contributed by atoms with Crippen molar-refractivity contribution in [1.29, 1.82) is 0 Å². The Morgan fingerprint density at radius 3 is 3.00 bits per heavy atom. The van der Waals surface area contributed by atoms with Gasteiger partial charge in [-0.1, -0.05) is 18.2 Å². The standard InChI is InChI=1S/C13H12ClN/c1-8-3-2-4-10-11-7-9(14)5-6-12(11)15-13(8)10/h5-7,15H,1-4H2. The van der Waals surface area contributed by atoms with E-state index < -0.39 is 0 Å². The molecular weight excluding hydrogens is 206 g/mol. The van der Waals surface area contributed by atoms with Crippen LogP contribution >= 0.6 is 11.6 Å². The highest BCUT2D eigenvalue weighted by atomic mass is 35.5. The van der Waals surface area contributed by atoms with Gasteiger partial charge in [0.15, 0.2) is 0 Å². The smallest absolute Gasteiger partial charge is 0.0462 e. The van der Waals surface area contributed by atoms with Gasteiger partial charge in [0.1, 0.15) is 0 Å². The highest BCUT2D eigenvalue weighted by Gasteiger charge is 2.17. The van der Waals surface area contributed by atoms with Gasteiger partial charge in [0, 0.05) is 21.6 Å². The normalized spacial score (nSPS) is 15.7. The number of nitrogens with one attached hydrogen (secondary N) is 1. The zero-order valence-corrected chi connectivity index (χ0v) is 9.19. The molecule has 1 aliphatic rings. The fourth-order valence-corrected chi connectivity index (χ4v) is 2.56. The Morgan fingerprint density at radius 1 is 1.27 bits per heavy atom. The second-order valence-electron chi connectivity index (χ2n) is 4.13. The molecule has 1 aromatic carbocycles. The molecule has 3 rings (SSSR count). The Kier molecular flexibility index (Phi) is 1.89. The summed E-state index contributed by atoms with van der Waals surface area (Å²) < 4.78 is 0. The van der Waals surface area contributed by atoms with Gasteiger partial charge in [-0.25, -0.2) is 0 Å². The molecule has 0 spiro atoms.